The molecule has 1 unspecified atom stereocenters. The minimum Gasteiger partial charge on any atom is -0.342 e. The van der Waals surface area contributed by atoms with E-state index in [4.69, 9.17) is 0 Å². The molecule has 1 aliphatic heterocycles. The molecule has 0 bridgehead atoms. The van der Waals surface area contributed by atoms with Crippen LogP contribution in [0.15, 0.2) is 12.4 Å². The lowest BCUT2D eigenvalue weighted by Gasteiger charge is -2.31. The van der Waals surface area contributed by atoms with Crippen LogP contribution < -0.4 is 0 Å². The zero-order valence-electron chi connectivity index (χ0n) is 11.9. The first-order valence-corrected chi connectivity index (χ1v) is 7.12. The molecule has 106 valence electrons. The normalized spacial score (nSPS) is 19.5. The van der Waals surface area contributed by atoms with Crippen molar-refractivity contribution in [2.75, 3.05) is 13.1 Å². The molecule has 1 aliphatic rings. The number of carbonyl (C=O) groups is 1. The van der Waals surface area contributed by atoms with Crippen molar-refractivity contribution in [2.45, 2.75) is 32.1 Å². The largest absolute Gasteiger partial charge is 0.342 e. The maximum absolute atomic E-state index is 11.9. The number of fused-ring (bicyclic) bond motifs is 1. The minimum atomic E-state index is 0.223. The average Bonchev–Trinajstić information content (AvgIpc) is 2.84. The van der Waals surface area contributed by atoms with Gasteiger partial charge in [0.1, 0.15) is 5.52 Å². The van der Waals surface area contributed by atoms with Gasteiger partial charge in [-0.15, -0.1) is 0 Å². The molecule has 1 amide bonds. The van der Waals surface area contributed by atoms with Gasteiger partial charge in [-0.05, 0) is 12.8 Å². The SMILES string of the molecule is CCC(=O)N1CCCC(c2nn(C)c3nccnc23)C1. The fourth-order valence-electron chi connectivity index (χ4n) is 2.93. The second-order valence-electron chi connectivity index (χ2n) is 5.27. The third-order valence-electron chi connectivity index (χ3n) is 3.95. The van der Waals surface area contributed by atoms with Crippen LogP contribution in [-0.2, 0) is 11.8 Å². The topological polar surface area (TPSA) is 63.9 Å². The van der Waals surface area contributed by atoms with Gasteiger partial charge in [-0.3, -0.25) is 4.79 Å². The van der Waals surface area contributed by atoms with Gasteiger partial charge >= 0.3 is 0 Å². The van der Waals surface area contributed by atoms with Crippen molar-refractivity contribution in [3.63, 3.8) is 0 Å². The summed E-state index contributed by atoms with van der Waals surface area (Å²) in [5.41, 5.74) is 2.65. The summed E-state index contributed by atoms with van der Waals surface area (Å²) in [6, 6.07) is 0. The van der Waals surface area contributed by atoms with Gasteiger partial charge in [-0.2, -0.15) is 5.10 Å². The van der Waals surface area contributed by atoms with Gasteiger partial charge in [0.2, 0.25) is 5.91 Å². The third kappa shape index (κ3) is 2.15. The van der Waals surface area contributed by atoms with E-state index in [1.165, 1.54) is 0 Å². The molecule has 2 aromatic rings. The molecule has 3 heterocycles. The molecule has 2 aromatic heterocycles. The van der Waals surface area contributed by atoms with Crippen LogP contribution in [0.4, 0.5) is 0 Å². The molecule has 0 radical (unpaired) electrons. The molecular formula is C14H19N5O. The summed E-state index contributed by atoms with van der Waals surface area (Å²) in [7, 11) is 1.89. The molecule has 1 atom stereocenters. The van der Waals surface area contributed by atoms with E-state index in [-0.39, 0.29) is 11.8 Å². The van der Waals surface area contributed by atoms with Crippen molar-refractivity contribution in [1.82, 2.24) is 24.6 Å². The molecule has 3 rings (SSSR count). The molecule has 0 N–H and O–H groups in total. The van der Waals surface area contributed by atoms with Gasteiger partial charge in [-0.1, -0.05) is 6.92 Å². The molecule has 6 nitrogen and oxygen atoms in total. The van der Waals surface area contributed by atoms with Crippen molar-refractivity contribution >= 4 is 17.1 Å². The lowest BCUT2D eigenvalue weighted by molar-refractivity contribution is -0.132. The van der Waals surface area contributed by atoms with Crippen molar-refractivity contribution in [3.05, 3.63) is 18.1 Å². The maximum Gasteiger partial charge on any atom is 0.222 e. The first-order valence-electron chi connectivity index (χ1n) is 7.12. The predicted octanol–water partition coefficient (Wildman–Crippen LogP) is 1.48. The van der Waals surface area contributed by atoms with Crippen molar-refractivity contribution in [1.29, 1.82) is 0 Å². The van der Waals surface area contributed by atoms with Crippen LogP contribution in [0.25, 0.3) is 11.2 Å². The van der Waals surface area contributed by atoms with E-state index in [1.807, 2.05) is 18.9 Å². The number of aryl methyl sites for hydroxylation is 1. The highest BCUT2D eigenvalue weighted by molar-refractivity contribution is 5.77. The van der Waals surface area contributed by atoms with Gasteiger partial charge < -0.3 is 4.90 Å². The van der Waals surface area contributed by atoms with E-state index in [1.54, 1.807) is 17.1 Å². The molecule has 1 saturated heterocycles. The first-order chi connectivity index (χ1) is 9.70. The van der Waals surface area contributed by atoms with E-state index in [0.717, 1.165) is 42.8 Å². The van der Waals surface area contributed by atoms with E-state index in [0.29, 0.717) is 6.42 Å². The number of likely N-dealkylation sites (tertiary alicyclic amines) is 1. The Labute approximate surface area is 117 Å². The second-order valence-corrected chi connectivity index (χ2v) is 5.27. The smallest absolute Gasteiger partial charge is 0.222 e. The summed E-state index contributed by atoms with van der Waals surface area (Å²) in [6.07, 6.45) is 6.02. The number of rotatable bonds is 2. The van der Waals surface area contributed by atoms with Crippen LogP contribution in [0.2, 0.25) is 0 Å². The number of aromatic nitrogens is 4. The molecule has 1 fully saturated rings. The van der Waals surface area contributed by atoms with Crippen LogP contribution in [-0.4, -0.2) is 43.6 Å². The Bertz CT molecular complexity index is 636. The van der Waals surface area contributed by atoms with Crippen molar-refractivity contribution in [2.24, 2.45) is 7.05 Å². The summed E-state index contributed by atoms with van der Waals surface area (Å²) in [6.45, 7) is 3.52. The molecule has 0 aromatic carbocycles. The quantitative estimate of drug-likeness (QED) is 0.831. The molecule has 6 heteroatoms. The van der Waals surface area contributed by atoms with Gasteiger partial charge in [0.05, 0.1) is 5.69 Å². The Balaban J connectivity index is 1.93. The number of carbonyl (C=O) groups excluding carboxylic acids is 1. The highest BCUT2D eigenvalue weighted by atomic mass is 16.2. The number of hydrogen-bond acceptors (Lipinski definition) is 4. The van der Waals surface area contributed by atoms with E-state index < -0.39 is 0 Å². The van der Waals surface area contributed by atoms with Crippen LogP contribution in [0.3, 0.4) is 0 Å². The zero-order chi connectivity index (χ0) is 14.1. The van der Waals surface area contributed by atoms with Gasteiger partial charge in [-0.25, -0.2) is 14.6 Å². The second kappa shape index (κ2) is 5.19. The standard InChI is InChI=1S/C14H19N5O/c1-3-11(20)19-8-4-5-10(9-19)12-13-14(18(2)17-12)16-7-6-15-13/h6-7,10H,3-5,8-9H2,1-2H3. The van der Waals surface area contributed by atoms with E-state index in [2.05, 4.69) is 15.1 Å². The van der Waals surface area contributed by atoms with Crippen LogP contribution in [0, 0.1) is 0 Å². The molecule has 0 spiro atoms. The number of piperidine rings is 1. The fourth-order valence-corrected chi connectivity index (χ4v) is 2.93. The van der Waals surface area contributed by atoms with E-state index in [9.17, 15) is 4.79 Å². The lowest BCUT2D eigenvalue weighted by atomic mass is 9.94. The van der Waals surface area contributed by atoms with Crippen LogP contribution in [0.5, 0.6) is 0 Å². The van der Waals surface area contributed by atoms with Crippen LogP contribution in [0.1, 0.15) is 37.8 Å². The van der Waals surface area contributed by atoms with Crippen LogP contribution >= 0.6 is 0 Å². The predicted molar refractivity (Wildman–Crippen MR) is 75.2 cm³/mol. The number of amides is 1. The molecule has 0 aliphatic carbocycles. The summed E-state index contributed by atoms with van der Waals surface area (Å²) in [4.78, 5) is 22.6. The summed E-state index contributed by atoms with van der Waals surface area (Å²) in [5, 5.41) is 4.59. The zero-order valence-corrected chi connectivity index (χ0v) is 11.9. The monoisotopic (exact) mass is 273 g/mol. The molecule has 20 heavy (non-hydrogen) atoms. The lowest BCUT2D eigenvalue weighted by Crippen LogP contribution is -2.38. The average molecular weight is 273 g/mol. The van der Waals surface area contributed by atoms with Crippen molar-refractivity contribution in [3.8, 4) is 0 Å². The van der Waals surface area contributed by atoms with Crippen molar-refractivity contribution < 1.29 is 4.79 Å². The Morgan fingerprint density at radius 3 is 3.00 bits per heavy atom. The van der Waals surface area contributed by atoms with Gasteiger partial charge in [0, 0.05) is 44.9 Å². The Morgan fingerprint density at radius 2 is 2.20 bits per heavy atom. The summed E-state index contributed by atoms with van der Waals surface area (Å²) in [5.74, 6) is 0.487. The first kappa shape index (κ1) is 13.0. The fraction of sp³-hybridized carbons (Fsp3) is 0.571. The number of hydrogen-bond donors (Lipinski definition) is 0. The molecular weight excluding hydrogens is 254 g/mol. The maximum atomic E-state index is 11.9. The van der Waals surface area contributed by atoms with E-state index >= 15 is 0 Å². The third-order valence-corrected chi connectivity index (χ3v) is 3.95. The van der Waals surface area contributed by atoms with Gasteiger partial charge in [0.25, 0.3) is 0 Å². The number of nitrogens with zero attached hydrogens (tertiary/aromatic N) is 5. The Morgan fingerprint density at radius 1 is 1.40 bits per heavy atom. The minimum absolute atomic E-state index is 0.223. The molecule has 0 saturated carbocycles. The van der Waals surface area contributed by atoms with Gasteiger partial charge in [0.15, 0.2) is 5.65 Å². The Hall–Kier alpha value is -1.98. The highest BCUT2D eigenvalue weighted by Crippen LogP contribution is 2.29. The highest BCUT2D eigenvalue weighted by Gasteiger charge is 2.28. The summed E-state index contributed by atoms with van der Waals surface area (Å²) >= 11 is 0. The Kier molecular flexibility index (Phi) is 3.38. The summed E-state index contributed by atoms with van der Waals surface area (Å²) < 4.78 is 1.78.